The third-order valence-electron chi connectivity index (χ3n) is 4.13. The Labute approximate surface area is 127 Å². The summed E-state index contributed by atoms with van der Waals surface area (Å²) in [5.41, 5.74) is 5.11. The van der Waals surface area contributed by atoms with E-state index in [0.29, 0.717) is 5.92 Å². The molecule has 0 saturated carbocycles. The van der Waals surface area contributed by atoms with E-state index in [1.807, 2.05) is 12.1 Å². The summed E-state index contributed by atoms with van der Waals surface area (Å²) < 4.78 is 13.1. The summed E-state index contributed by atoms with van der Waals surface area (Å²) in [5, 5.41) is 3.62. The van der Waals surface area contributed by atoms with Crippen LogP contribution in [0.2, 0.25) is 0 Å². The minimum absolute atomic E-state index is 0.184. The molecule has 2 rings (SSSR count). The van der Waals surface area contributed by atoms with E-state index in [1.165, 1.54) is 28.8 Å². The van der Waals surface area contributed by atoms with E-state index in [-0.39, 0.29) is 11.9 Å². The van der Waals surface area contributed by atoms with E-state index in [4.69, 9.17) is 0 Å². The molecule has 112 valence electrons. The minimum Gasteiger partial charge on any atom is -0.306 e. The second-order valence-corrected chi connectivity index (χ2v) is 6.01. The average molecular weight is 285 g/mol. The standard InChI is InChI=1S/C19H24FN/c1-13(2)19(16-8-10-18(20)11-9-16)21-12-17-7-5-6-14(3)15(17)4/h5-11,13,19,21H,12H2,1-4H3. The smallest absolute Gasteiger partial charge is 0.123 e. The molecule has 0 amide bonds. The summed E-state index contributed by atoms with van der Waals surface area (Å²) in [6.45, 7) is 9.50. The van der Waals surface area contributed by atoms with E-state index in [0.717, 1.165) is 12.1 Å². The predicted octanol–water partition coefficient (Wildman–Crippen LogP) is 4.93. The highest BCUT2D eigenvalue weighted by atomic mass is 19.1. The first-order valence-electron chi connectivity index (χ1n) is 7.53. The fraction of sp³-hybridized carbons (Fsp3) is 0.368. The van der Waals surface area contributed by atoms with Crippen molar-refractivity contribution in [3.63, 3.8) is 0 Å². The topological polar surface area (TPSA) is 12.0 Å². The minimum atomic E-state index is -0.184. The van der Waals surface area contributed by atoms with Gasteiger partial charge in [0.15, 0.2) is 0 Å². The van der Waals surface area contributed by atoms with Gasteiger partial charge in [-0.15, -0.1) is 0 Å². The summed E-state index contributed by atoms with van der Waals surface area (Å²) in [7, 11) is 0. The maximum atomic E-state index is 13.1. The van der Waals surface area contributed by atoms with E-state index in [9.17, 15) is 4.39 Å². The number of halogens is 1. The summed E-state index contributed by atoms with van der Waals surface area (Å²) in [6, 6.07) is 13.4. The molecule has 0 aromatic heterocycles. The number of hydrogen-bond donors (Lipinski definition) is 1. The van der Waals surface area contributed by atoms with Gasteiger partial charge in [0.1, 0.15) is 5.82 Å². The zero-order valence-corrected chi connectivity index (χ0v) is 13.3. The van der Waals surface area contributed by atoms with Crippen molar-refractivity contribution in [3.8, 4) is 0 Å². The Morgan fingerprint density at radius 3 is 2.29 bits per heavy atom. The van der Waals surface area contributed by atoms with Crippen molar-refractivity contribution < 1.29 is 4.39 Å². The second-order valence-electron chi connectivity index (χ2n) is 6.01. The fourth-order valence-electron chi connectivity index (χ4n) is 2.63. The molecule has 1 atom stereocenters. The molecule has 0 spiro atoms. The molecule has 1 N–H and O–H groups in total. The lowest BCUT2D eigenvalue weighted by Gasteiger charge is -2.24. The van der Waals surface area contributed by atoms with Gasteiger partial charge in [-0.1, -0.05) is 44.2 Å². The van der Waals surface area contributed by atoms with Crippen molar-refractivity contribution in [2.75, 3.05) is 0 Å². The van der Waals surface area contributed by atoms with Gasteiger partial charge >= 0.3 is 0 Å². The quantitative estimate of drug-likeness (QED) is 0.821. The van der Waals surface area contributed by atoms with E-state index in [2.05, 4.69) is 51.2 Å². The van der Waals surface area contributed by atoms with Crippen molar-refractivity contribution in [1.29, 1.82) is 0 Å². The largest absolute Gasteiger partial charge is 0.306 e. The van der Waals surface area contributed by atoms with Crippen LogP contribution >= 0.6 is 0 Å². The zero-order valence-electron chi connectivity index (χ0n) is 13.3. The summed E-state index contributed by atoms with van der Waals surface area (Å²) in [5.74, 6) is 0.261. The first-order valence-corrected chi connectivity index (χ1v) is 7.53. The third kappa shape index (κ3) is 3.92. The Balaban J connectivity index is 2.14. The molecule has 0 aliphatic carbocycles. The first-order chi connectivity index (χ1) is 9.99. The lowest BCUT2D eigenvalue weighted by Crippen LogP contribution is -2.25. The second kappa shape index (κ2) is 6.86. The number of rotatable bonds is 5. The van der Waals surface area contributed by atoms with Crippen LogP contribution in [0.1, 0.15) is 42.1 Å². The van der Waals surface area contributed by atoms with E-state index >= 15 is 0 Å². The zero-order chi connectivity index (χ0) is 15.4. The Bertz CT molecular complexity index is 587. The number of aryl methyl sites for hydroxylation is 1. The third-order valence-corrected chi connectivity index (χ3v) is 4.13. The Morgan fingerprint density at radius 1 is 1.00 bits per heavy atom. The lowest BCUT2D eigenvalue weighted by atomic mass is 9.95. The number of hydrogen-bond acceptors (Lipinski definition) is 1. The summed E-state index contributed by atoms with van der Waals surface area (Å²) in [6.07, 6.45) is 0. The molecule has 0 aliphatic heterocycles. The number of benzene rings is 2. The fourth-order valence-corrected chi connectivity index (χ4v) is 2.63. The van der Waals surface area contributed by atoms with Gasteiger partial charge in [-0.2, -0.15) is 0 Å². The molecule has 0 saturated heterocycles. The van der Waals surface area contributed by atoms with Crippen molar-refractivity contribution in [2.45, 2.75) is 40.3 Å². The maximum absolute atomic E-state index is 13.1. The van der Waals surface area contributed by atoms with E-state index in [1.54, 1.807) is 0 Å². The van der Waals surface area contributed by atoms with Crippen LogP contribution in [0.5, 0.6) is 0 Å². The Morgan fingerprint density at radius 2 is 1.67 bits per heavy atom. The van der Waals surface area contributed by atoms with Crippen molar-refractivity contribution in [1.82, 2.24) is 5.32 Å². The summed E-state index contributed by atoms with van der Waals surface area (Å²) in [4.78, 5) is 0. The molecule has 0 radical (unpaired) electrons. The molecular weight excluding hydrogens is 261 g/mol. The van der Waals surface area contributed by atoms with Gasteiger partial charge in [-0.05, 0) is 54.2 Å². The highest BCUT2D eigenvalue weighted by molar-refractivity contribution is 5.33. The predicted molar refractivity (Wildman–Crippen MR) is 86.7 cm³/mol. The van der Waals surface area contributed by atoms with Gasteiger partial charge in [0.2, 0.25) is 0 Å². The molecule has 0 fully saturated rings. The highest BCUT2D eigenvalue weighted by Crippen LogP contribution is 2.23. The van der Waals surface area contributed by atoms with Crippen LogP contribution < -0.4 is 5.32 Å². The van der Waals surface area contributed by atoms with Crippen LogP contribution in [0.25, 0.3) is 0 Å². The molecule has 0 heterocycles. The van der Waals surface area contributed by atoms with Gasteiger partial charge in [-0.25, -0.2) is 4.39 Å². The van der Waals surface area contributed by atoms with Crippen LogP contribution in [-0.2, 0) is 6.54 Å². The Kier molecular flexibility index (Phi) is 5.13. The molecule has 0 bridgehead atoms. The van der Waals surface area contributed by atoms with Crippen molar-refractivity contribution in [3.05, 3.63) is 70.5 Å². The van der Waals surface area contributed by atoms with Crippen molar-refractivity contribution in [2.24, 2.45) is 5.92 Å². The molecule has 1 nitrogen and oxygen atoms in total. The van der Waals surface area contributed by atoms with Crippen LogP contribution in [0.4, 0.5) is 4.39 Å². The van der Waals surface area contributed by atoms with Gasteiger partial charge in [0.25, 0.3) is 0 Å². The normalized spacial score (nSPS) is 12.7. The van der Waals surface area contributed by atoms with Gasteiger partial charge in [-0.3, -0.25) is 0 Å². The molecule has 2 heteroatoms. The van der Waals surface area contributed by atoms with Crippen LogP contribution in [-0.4, -0.2) is 0 Å². The van der Waals surface area contributed by atoms with Crippen molar-refractivity contribution >= 4 is 0 Å². The average Bonchev–Trinajstić information content (AvgIpc) is 2.45. The monoisotopic (exact) mass is 285 g/mol. The first kappa shape index (κ1) is 15.7. The molecule has 2 aromatic carbocycles. The Hall–Kier alpha value is -1.67. The van der Waals surface area contributed by atoms with E-state index < -0.39 is 0 Å². The van der Waals surface area contributed by atoms with Gasteiger partial charge in [0.05, 0.1) is 0 Å². The molecule has 1 unspecified atom stereocenters. The molecule has 21 heavy (non-hydrogen) atoms. The van der Waals surface area contributed by atoms with Crippen LogP contribution in [0, 0.1) is 25.6 Å². The van der Waals surface area contributed by atoms with Gasteiger partial charge < -0.3 is 5.32 Å². The number of nitrogens with one attached hydrogen (secondary N) is 1. The SMILES string of the molecule is Cc1cccc(CNC(c2ccc(F)cc2)C(C)C)c1C. The lowest BCUT2D eigenvalue weighted by molar-refractivity contribution is 0.409. The molecule has 0 aliphatic rings. The molecule has 2 aromatic rings. The van der Waals surface area contributed by atoms with Crippen LogP contribution in [0.3, 0.4) is 0 Å². The maximum Gasteiger partial charge on any atom is 0.123 e. The van der Waals surface area contributed by atoms with Crippen LogP contribution in [0.15, 0.2) is 42.5 Å². The molecular formula is C19H24FN. The highest BCUT2D eigenvalue weighted by Gasteiger charge is 2.15. The summed E-state index contributed by atoms with van der Waals surface area (Å²) >= 11 is 0. The van der Waals surface area contributed by atoms with Gasteiger partial charge in [0, 0.05) is 12.6 Å².